The van der Waals surface area contributed by atoms with E-state index in [1.807, 2.05) is 0 Å². The number of carbonyl (C=O) groups excluding carboxylic acids is 3. The van der Waals surface area contributed by atoms with E-state index < -0.39 is 27.6 Å². The predicted octanol–water partition coefficient (Wildman–Crippen LogP) is 1.16. The highest BCUT2D eigenvalue weighted by molar-refractivity contribution is 7.91. The molecule has 170 valence electrons. The SMILES string of the molecule is COC(=O)CNC(=O)c1ccc(NC(=O)CCS(=O)(=O)c2ccc3c(c2)OCCO3)cc1. The van der Waals surface area contributed by atoms with Crippen LogP contribution in [0.2, 0.25) is 0 Å². The number of esters is 1. The number of methoxy groups -OCH3 is 1. The molecule has 0 aromatic heterocycles. The number of sulfone groups is 1. The summed E-state index contributed by atoms with van der Waals surface area (Å²) in [5.74, 6) is -1.08. The van der Waals surface area contributed by atoms with Crippen LogP contribution in [0.25, 0.3) is 0 Å². The highest BCUT2D eigenvalue weighted by atomic mass is 32.2. The molecular formula is C21H22N2O8S. The van der Waals surface area contributed by atoms with Crippen molar-refractivity contribution in [1.29, 1.82) is 0 Å². The van der Waals surface area contributed by atoms with Gasteiger partial charge in [-0.05, 0) is 36.4 Å². The zero-order chi connectivity index (χ0) is 23.1. The van der Waals surface area contributed by atoms with E-state index in [4.69, 9.17) is 9.47 Å². The number of ether oxygens (including phenoxy) is 3. The zero-order valence-electron chi connectivity index (χ0n) is 17.3. The number of rotatable bonds is 8. The molecular weight excluding hydrogens is 440 g/mol. The fourth-order valence-corrected chi connectivity index (χ4v) is 4.07. The molecule has 11 heteroatoms. The van der Waals surface area contributed by atoms with Gasteiger partial charge in [0.1, 0.15) is 19.8 Å². The van der Waals surface area contributed by atoms with Gasteiger partial charge in [-0.3, -0.25) is 14.4 Å². The summed E-state index contributed by atoms with van der Waals surface area (Å²) >= 11 is 0. The van der Waals surface area contributed by atoms with Crippen molar-refractivity contribution in [3.05, 3.63) is 48.0 Å². The molecule has 0 bridgehead atoms. The minimum Gasteiger partial charge on any atom is -0.486 e. The number of hydrogen-bond acceptors (Lipinski definition) is 8. The Bertz CT molecular complexity index is 1110. The van der Waals surface area contributed by atoms with Crippen LogP contribution in [0.3, 0.4) is 0 Å². The van der Waals surface area contributed by atoms with Crippen LogP contribution < -0.4 is 20.1 Å². The maximum Gasteiger partial charge on any atom is 0.325 e. The first-order valence-electron chi connectivity index (χ1n) is 9.66. The number of nitrogens with one attached hydrogen (secondary N) is 2. The van der Waals surface area contributed by atoms with Crippen LogP contribution in [0.5, 0.6) is 11.5 Å². The largest absolute Gasteiger partial charge is 0.486 e. The third kappa shape index (κ3) is 5.97. The maximum atomic E-state index is 12.6. The first-order valence-corrected chi connectivity index (χ1v) is 11.3. The number of benzene rings is 2. The van der Waals surface area contributed by atoms with Crippen LogP contribution in [0.1, 0.15) is 16.8 Å². The van der Waals surface area contributed by atoms with Crippen LogP contribution in [-0.4, -0.2) is 58.8 Å². The van der Waals surface area contributed by atoms with E-state index in [0.717, 1.165) is 0 Å². The Kier molecular flexibility index (Phi) is 7.31. The van der Waals surface area contributed by atoms with Crippen molar-refractivity contribution < 1.29 is 37.0 Å². The Hall–Kier alpha value is -3.60. The predicted molar refractivity (Wildman–Crippen MR) is 114 cm³/mol. The van der Waals surface area contributed by atoms with E-state index in [9.17, 15) is 22.8 Å². The second kappa shape index (κ2) is 10.1. The van der Waals surface area contributed by atoms with Gasteiger partial charge in [0, 0.05) is 23.7 Å². The smallest absolute Gasteiger partial charge is 0.325 e. The summed E-state index contributed by atoms with van der Waals surface area (Å²) in [6.07, 6.45) is -0.252. The van der Waals surface area contributed by atoms with Crippen molar-refractivity contribution in [3.8, 4) is 11.5 Å². The van der Waals surface area contributed by atoms with Crippen molar-refractivity contribution in [2.24, 2.45) is 0 Å². The van der Waals surface area contributed by atoms with Crippen LogP contribution in [0, 0.1) is 0 Å². The van der Waals surface area contributed by atoms with Crippen LogP contribution in [0.4, 0.5) is 5.69 Å². The van der Waals surface area contributed by atoms with Crippen molar-refractivity contribution in [2.75, 3.05) is 37.9 Å². The molecule has 2 N–H and O–H groups in total. The van der Waals surface area contributed by atoms with Gasteiger partial charge in [0.2, 0.25) is 5.91 Å². The number of anilines is 1. The number of carbonyl (C=O) groups is 3. The molecule has 1 aliphatic heterocycles. The summed E-state index contributed by atoms with van der Waals surface area (Å²) in [5.41, 5.74) is 0.685. The highest BCUT2D eigenvalue weighted by Gasteiger charge is 2.20. The van der Waals surface area contributed by atoms with Crippen molar-refractivity contribution in [2.45, 2.75) is 11.3 Å². The van der Waals surface area contributed by atoms with Gasteiger partial charge in [0.25, 0.3) is 5.91 Å². The molecule has 0 radical (unpaired) electrons. The lowest BCUT2D eigenvalue weighted by molar-refractivity contribution is -0.139. The van der Waals surface area contributed by atoms with Crippen LogP contribution in [-0.2, 0) is 24.2 Å². The summed E-state index contributed by atoms with van der Waals surface area (Å²) in [6.45, 7) is 0.481. The molecule has 0 fully saturated rings. The maximum absolute atomic E-state index is 12.6. The molecule has 1 aliphatic rings. The quantitative estimate of drug-likeness (QED) is 0.558. The lowest BCUT2D eigenvalue weighted by Crippen LogP contribution is -2.30. The standard InChI is InChI=1S/C21H22N2O8S/c1-29-20(25)13-22-21(26)14-2-4-15(5-3-14)23-19(24)8-11-32(27,28)16-6-7-17-18(12-16)31-10-9-30-17/h2-7,12H,8-11,13H2,1H3,(H,22,26)(H,23,24). The van der Waals surface area contributed by atoms with Gasteiger partial charge in [-0.2, -0.15) is 0 Å². The van der Waals surface area contributed by atoms with Gasteiger partial charge >= 0.3 is 5.97 Å². The summed E-state index contributed by atoms with van der Waals surface area (Å²) < 4.78 is 40.4. The Labute approximate surface area is 184 Å². The first-order chi connectivity index (χ1) is 15.3. The van der Waals surface area contributed by atoms with Gasteiger partial charge < -0.3 is 24.8 Å². The molecule has 32 heavy (non-hydrogen) atoms. The monoisotopic (exact) mass is 462 g/mol. The lowest BCUT2D eigenvalue weighted by atomic mass is 10.2. The normalized spacial score (nSPS) is 12.5. The molecule has 0 spiro atoms. The zero-order valence-corrected chi connectivity index (χ0v) is 18.1. The van der Waals surface area contributed by atoms with Crippen LogP contribution in [0.15, 0.2) is 47.4 Å². The van der Waals surface area contributed by atoms with E-state index in [1.165, 1.54) is 49.6 Å². The summed E-state index contributed by atoms with van der Waals surface area (Å²) in [7, 11) is -2.49. The third-order valence-electron chi connectivity index (χ3n) is 4.52. The molecule has 1 heterocycles. The van der Waals surface area contributed by atoms with Crippen molar-refractivity contribution >= 4 is 33.3 Å². The van der Waals surface area contributed by atoms with E-state index in [2.05, 4.69) is 15.4 Å². The Morgan fingerprint density at radius 2 is 1.69 bits per heavy atom. The number of hydrogen-bond donors (Lipinski definition) is 2. The average molecular weight is 462 g/mol. The third-order valence-corrected chi connectivity index (χ3v) is 6.24. The molecule has 0 saturated carbocycles. The summed E-state index contributed by atoms with van der Waals surface area (Å²) in [5, 5.41) is 4.98. The van der Waals surface area contributed by atoms with E-state index >= 15 is 0 Å². The van der Waals surface area contributed by atoms with Gasteiger partial charge in [-0.15, -0.1) is 0 Å². The van der Waals surface area contributed by atoms with E-state index in [-0.39, 0.29) is 29.2 Å². The molecule has 2 aromatic carbocycles. The Balaban J connectivity index is 1.53. The first kappa shape index (κ1) is 23.1. The Morgan fingerprint density at radius 1 is 1.00 bits per heavy atom. The lowest BCUT2D eigenvalue weighted by Gasteiger charge is -2.18. The molecule has 0 atom stereocenters. The van der Waals surface area contributed by atoms with Crippen LogP contribution >= 0.6 is 0 Å². The molecule has 0 aliphatic carbocycles. The average Bonchev–Trinajstić information content (AvgIpc) is 2.81. The van der Waals surface area contributed by atoms with Gasteiger partial charge in [-0.25, -0.2) is 8.42 Å². The fourth-order valence-electron chi connectivity index (χ4n) is 2.82. The minimum absolute atomic E-state index is 0.0527. The van der Waals surface area contributed by atoms with Crippen molar-refractivity contribution in [1.82, 2.24) is 5.32 Å². The van der Waals surface area contributed by atoms with Gasteiger partial charge in [0.15, 0.2) is 21.3 Å². The highest BCUT2D eigenvalue weighted by Crippen LogP contribution is 2.32. The molecule has 10 nitrogen and oxygen atoms in total. The Morgan fingerprint density at radius 3 is 2.38 bits per heavy atom. The summed E-state index contributed by atoms with van der Waals surface area (Å²) in [4.78, 5) is 35.3. The molecule has 2 amide bonds. The molecule has 3 rings (SSSR count). The molecule has 0 unspecified atom stereocenters. The molecule has 0 saturated heterocycles. The van der Waals surface area contributed by atoms with Gasteiger partial charge in [-0.1, -0.05) is 0 Å². The van der Waals surface area contributed by atoms with Gasteiger partial charge in [0.05, 0.1) is 17.8 Å². The topological polar surface area (TPSA) is 137 Å². The summed E-state index contributed by atoms with van der Waals surface area (Å²) in [6, 6.07) is 10.3. The number of amides is 2. The second-order valence-corrected chi connectivity index (χ2v) is 8.87. The fraction of sp³-hybridized carbons (Fsp3) is 0.286. The number of fused-ring (bicyclic) bond motifs is 1. The minimum atomic E-state index is -3.70. The van der Waals surface area contributed by atoms with Crippen molar-refractivity contribution in [3.63, 3.8) is 0 Å². The second-order valence-electron chi connectivity index (χ2n) is 6.76. The van der Waals surface area contributed by atoms with E-state index in [0.29, 0.717) is 30.4 Å². The molecule has 2 aromatic rings. The van der Waals surface area contributed by atoms with E-state index in [1.54, 1.807) is 0 Å².